The highest BCUT2D eigenvalue weighted by molar-refractivity contribution is 7.10. The fourth-order valence-electron chi connectivity index (χ4n) is 1.84. The number of hydrogen-bond acceptors (Lipinski definition) is 5. The first-order chi connectivity index (χ1) is 9.88. The molecule has 0 saturated carbocycles. The van der Waals surface area contributed by atoms with Gasteiger partial charge in [-0.3, -0.25) is 9.59 Å². The Hall–Kier alpha value is -1.95. The van der Waals surface area contributed by atoms with Gasteiger partial charge in [0.25, 0.3) is 5.91 Å². The molecule has 0 aliphatic carbocycles. The quantitative estimate of drug-likeness (QED) is 0.785. The van der Waals surface area contributed by atoms with Crippen molar-refractivity contribution in [2.24, 2.45) is 10.4 Å². The number of esters is 1. The van der Waals surface area contributed by atoms with E-state index in [4.69, 9.17) is 9.47 Å². The summed E-state index contributed by atoms with van der Waals surface area (Å²) in [5, 5.41) is 1.97. The molecule has 0 bridgehead atoms. The molecule has 2 rings (SSSR count). The highest BCUT2D eigenvalue weighted by Gasteiger charge is 2.42. The van der Waals surface area contributed by atoms with Crippen LogP contribution in [0.4, 0.5) is 0 Å². The van der Waals surface area contributed by atoms with Gasteiger partial charge >= 0.3 is 5.97 Å². The molecular weight excluding hydrogens is 290 g/mol. The third-order valence-electron chi connectivity index (χ3n) is 2.97. The maximum atomic E-state index is 12.0. The molecule has 0 saturated heterocycles. The Balaban J connectivity index is 2.00. The predicted molar refractivity (Wildman–Crippen MR) is 81.1 cm³/mol. The Morgan fingerprint density at radius 3 is 2.90 bits per heavy atom. The van der Waals surface area contributed by atoms with Crippen molar-refractivity contribution in [2.45, 2.75) is 26.9 Å². The average molecular weight is 307 g/mol. The first kappa shape index (κ1) is 15.4. The molecule has 112 valence electrons. The molecular formula is C15H17NO4S. The van der Waals surface area contributed by atoms with E-state index in [1.54, 1.807) is 31.3 Å². The van der Waals surface area contributed by atoms with E-state index < -0.39 is 11.5 Å². The average Bonchev–Trinajstić information content (AvgIpc) is 3.03. The van der Waals surface area contributed by atoms with Gasteiger partial charge in [-0.25, -0.2) is 0 Å². The van der Waals surface area contributed by atoms with Crippen molar-refractivity contribution in [1.82, 2.24) is 0 Å². The van der Waals surface area contributed by atoms with Gasteiger partial charge in [-0.15, -0.1) is 11.3 Å². The van der Waals surface area contributed by atoms with Gasteiger partial charge in [-0.2, -0.15) is 4.99 Å². The molecule has 1 aromatic heterocycles. The van der Waals surface area contributed by atoms with Gasteiger partial charge < -0.3 is 9.47 Å². The second-order valence-electron chi connectivity index (χ2n) is 5.40. The maximum Gasteiger partial charge on any atom is 0.302 e. The number of aliphatic imine (C=N–C) groups is 1. The van der Waals surface area contributed by atoms with Crippen molar-refractivity contribution in [3.63, 3.8) is 0 Å². The largest absolute Gasteiger partial charge is 0.465 e. The highest BCUT2D eigenvalue weighted by atomic mass is 32.1. The summed E-state index contributed by atoms with van der Waals surface area (Å²) < 4.78 is 10.6. The van der Waals surface area contributed by atoms with Gasteiger partial charge in [0.15, 0.2) is 6.10 Å². The normalized spacial score (nSPS) is 18.7. The topological polar surface area (TPSA) is 65.0 Å². The van der Waals surface area contributed by atoms with Crippen molar-refractivity contribution in [3.8, 4) is 0 Å². The summed E-state index contributed by atoms with van der Waals surface area (Å²) in [4.78, 5) is 27.8. The van der Waals surface area contributed by atoms with E-state index in [0.29, 0.717) is 0 Å². The molecule has 1 unspecified atom stereocenters. The van der Waals surface area contributed by atoms with E-state index >= 15 is 0 Å². The van der Waals surface area contributed by atoms with Gasteiger partial charge in [0.2, 0.25) is 5.90 Å². The smallest absolute Gasteiger partial charge is 0.302 e. The number of thiophene rings is 1. The zero-order valence-corrected chi connectivity index (χ0v) is 13.0. The Morgan fingerprint density at radius 1 is 1.52 bits per heavy atom. The molecule has 1 amide bonds. The summed E-state index contributed by atoms with van der Waals surface area (Å²) in [5.74, 6) is -0.445. The number of nitrogens with zero attached hydrogens (tertiary/aromatic N) is 1. The third kappa shape index (κ3) is 4.01. The first-order valence-electron chi connectivity index (χ1n) is 6.52. The van der Waals surface area contributed by atoms with Crippen molar-refractivity contribution in [2.75, 3.05) is 6.61 Å². The number of rotatable bonds is 5. The van der Waals surface area contributed by atoms with E-state index in [9.17, 15) is 9.59 Å². The van der Waals surface area contributed by atoms with Gasteiger partial charge in [0.05, 0.1) is 0 Å². The van der Waals surface area contributed by atoms with Crippen LogP contribution in [0.15, 0.2) is 28.6 Å². The van der Waals surface area contributed by atoms with Crippen LogP contribution >= 0.6 is 11.3 Å². The third-order valence-corrected chi connectivity index (χ3v) is 3.81. The van der Waals surface area contributed by atoms with E-state index in [1.807, 2.05) is 23.6 Å². The standard InChI is InChI=1S/C15H17NO4S/c1-10(17)19-9-15(2,3)13-14(18)16-12(20-13)7-6-11-5-4-8-21-11/h4-8,13H,9H2,1-3H3. The second kappa shape index (κ2) is 6.22. The Kier molecular flexibility index (Phi) is 4.57. The number of carbonyl (C=O) groups is 2. The number of hydrogen-bond donors (Lipinski definition) is 0. The fraction of sp³-hybridized carbons (Fsp3) is 0.400. The zero-order chi connectivity index (χ0) is 15.5. The number of amides is 1. The molecule has 6 heteroatoms. The second-order valence-corrected chi connectivity index (χ2v) is 6.38. The van der Waals surface area contributed by atoms with Gasteiger partial charge in [-0.1, -0.05) is 19.9 Å². The summed E-state index contributed by atoms with van der Waals surface area (Å²) in [6, 6.07) is 3.90. The molecule has 0 spiro atoms. The number of carbonyl (C=O) groups excluding carboxylic acids is 2. The Bertz CT molecular complexity index is 587. The monoisotopic (exact) mass is 307 g/mol. The van der Waals surface area contributed by atoms with Crippen LogP contribution in [0.2, 0.25) is 0 Å². The van der Waals surface area contributed by atoms with Crippen LogP contribution < -0.4 is 0 Å². The summed E-state index contributed by atoms with van der Waals surface area (Å²) >= 11 is 1.58. The van der Waals surface area contributed by atoms with E-state index in [2.05, 4.69) is 4.99 Å². The summed E-state index contributed by atoms with van der Waals surface area (Å²) in [6.45, 7) is 5.05. The molecule has 1 aliphatic heterocycles. The SMILES string of the molecule is CC(=O)OCC(C)(C)C1OC(C=Cc2cccs2)=NC1=O. The van der Waals surface area contributed by atoms with Crippen LogP contribution in [-0.4, -0.2) is 30.5 Å². The lowest BCUT2D eigenvalue weighted by Crippen LogP contribution is -2.39. The maximum absolute atomic E-state index is 12.0. The molecule has 0 radical (unpaired) electrons. The van der Waals surface area contributed by atoms with Crippen molar-refractivity contribution < 1.29 is 19.1 Å². The molecule has 1 aliphatic rings. The molecule has 5 nitrogen and oxygen atoms in total. The molecule has 0 fully saturated rings. The van der Waals surface area contributed by atoms with E-state index in [1.165, 1.54) is 6.92 Å². The number of ether oxygens (including phenoxy) is 2. The Morgan fingerprint density at radius 2 is 2.29 bits per heavy atom. The van der Waals surface area contributed by atoms with Crippen molar-refractivity contribution >= 4 is 35.2 Å². The molecule has 1 atom stereocenters. The van der Waals surface area contributed by atoms with E-state index in [-0.39, 0.29) is 24.4 Å². The van der Waals surface area contributed by atoms with Gasteiger partial charge in [-0.05, 0) is 17.5 Å². The Labute approximate surface area is 127 Å². The molecule has 0 aromatic carbocycles. The lowest BCUT2D eigenvalue weighted by atomic mass is 9.87. The van der Waals surface area contributed by atoms with Crippen LogP contribution in [0.5, 0.6) is 0 Å². The minimum Gasteiger partial charge on any atom is -0.465 e. The molecule has 21 heavy (non-hydrogen) atoms. The van der Waals surface area contributed by atoms with Crippen LogP contribution in [0.25, 0.3) is 6.08 Å². The van der Waals surface area contributed by atoms with Crippen molar-refractivity contribution in [3.05, 3.63) is 28.5 Å². The van der Waals surface area contributed by atoms with Gasteiger partial charge in [0.1, 0.15) is 6.61 Å². The minimum atomic E-state index is -0.736. The van der Waals surface area contributed by atoms with Crippen LogP contribution in [0.1, 0.15) is 25.6 Å². The first-order valence-corrected chi connectivity index (χ1v) is 7.40. The lowest BCUT2D eigenvalue weighted by molar-refractivity contribution is -0.148. The van der Waals surface area contributed by atoms with Crippen LogP contribution in [0, 0.1) is 5.41 Å². The highest BCUT2D eigenvalue weighted by Crippen LogP contribution is 2.29. The summed E-state index contributed by atoms with van der Waals surface area (Å²) in [6.07, 6.45) is 2.78. The fourth-order valence-corrected chi connectivity index (χ4v) is 2.46. The molecule has 0 N–H and O–H groups in total. The van der Waals surface area contributed by atoms with Gasteiger partial charge in [0, 0.05) is 23.3 Å². The molecule has 2 heterocycles. The molecule has 1 aromatic rings. The van der Waals surface area contributed by atoms with E-state index in [0.717, 1.165) is 4.88 Å². The summed E-state index contributed by atoms with van der Waals surface area (Å²) in [7, 11) is 0. The predicted octanol–water partition coefficient (Wildman–Crippen LogP) is 2.67. The van der Waals surface area contributed by atoms with Crippen LogP contribution in [-0.2, 0) is 19.1 Å². The van der Waals surface area contributed by atoms with Crippen molar-refractivity contribution in [1.29, 1.82) is 0 Å². The minimum absolute atomic E-state index is 0.107. The summed E-state index contributed by atoms with van der Waals surface area (Å²) in [5.41, 5.74) is -0.634. The zero-order valence-electron chi connectivity index (χ0n) is 12.2. The van der Waals surface area contributed by atoms with Crippen LogP contribution in [0.3, 0.4) is 0 Å². The lowest BCUT2D eigenvalue weighted by Gasteiger charge is -2.28.